The third-order valence-corrected chi connectivity index (χ3v) is 3.38. The van der Waals surface area contributed by atoms with Crippen molar-refractivity contribution in [2.24, 2.45) is 0 Å². The molecule has 0 saturated carbocycles. The van der Waals surface area contributed by atoms with Crippen molar-refractivity contribution in [3.8, 4) is 11.4 Å². The minimum Gasteiger partial charge on any atom is -0.484 e. The highest BCUT2D eigenvalue weighted by molar-refractivity contribution is 5.77. The summed E-state index contributed by atoms with van der Waals surface area (Å²) in [5.41, 5.74) is 1.95. The van der Waals surface area contributed by atoms with Gasteiger partial charge in [-0.2, -0.15) is 0 Å². The molecule has 7 nitrogen and oxygen atoms in total. The Hall–Kier alpha value is -3.22. The molecule has 0 unspecified atom stereocenters. The molecule has 1 heterocycles. The molecule has 1 aromatic heterocycles. The van der Waals surface area contributed by atoms with Crippen molar-refractivity contribution in [1.29, 1.82) is 0 Å². The molecule has 0 saturated heterocycles. The van der Waals surface area contributed by atoms with Gasteiger partial charge >= 0.3 is 0 Å². The average molecular weight is 323 g/mol. The van der Waals surface area contributed by atoms with Crippen molar-refractivity contribution < 1.29 is 9.53 Å². The van der Waals surface area contributed by atoms with Gasteiger partial charge in [0.15, 0.2) is 6.61 Å². The first-order valence-corrected chi connectivity index (χ1v) is 7.58. The molecule has 122 valence electrons. The Balaban J connectivity index is 1.45. The van der Waals surface area contributed by atoms with E-state index in [0.29, 0.717) is 12.3 Å². The Kier molecular flexibility index (Phi) is 5.14. The molecule has 24 heavy (non-hydrogen) atoms. The molecule has 1 N–H and O–H groups in total. The molecule has 0 atom stereocenters. The third-order valence-electron chi connectivity index (χ3n) is 3.38. The van der Waals surface area contributed by atoms with Gasteiger partial charge < -0.3 is 10.1 Å². The van der Waals surface area contributed by atoms with E-state index in [9.17, 15) is 4.79 Å². The van der Waals surface area contributed by atoms with E-state index in [-0.39, 0.29) is 12.5 Å². The number of hydrogen-bond donors (Lipinski definition) is 1. The van der Waals surface area contributed by atoms with Crippen LogP contribution in [0.15, 0.2) is 60.9 Å². The topological polar surface area (TPSA) is 81.9 Å². The first-order valence-electron chi connectivity index (χ1n) is 7.58. The van der Waals surface area contributed by atoms with Crippen LogP contribution in [0.3, 0.4) is 0 Å². The largest absolute Gasteiger partial charge is 0.484 e. The van der Waals surface area contributed by atoms with Gasteiger partial charge in [0, 0.05) is 12.6 Å². The minimum absolute atomic E-state index is 0.0339. The Morgan fingerprint density at radius 3 is 2.79 bits per heavy atom. The zero-order valence-corrected chi connectivity index (χ0v) is 13.0. The SMILES string of the molecule is O=C(COc1cccc(-n2cnnn2)c1)NCCc1ccccc1. The molecule has 3 rings (SSSR count). The van der Waals surface area contributed by atoms with Gasteiger partial charge in [-0.05, 0) is 34.5 Å². The van der Waals surface area contributed by atoms with Crippen LogP contribution in [-0.4, -0.2) is 39.3 Å². The van der Waals surface area contributed by atoms with E-state index in [1.54, 1.807) is 12.1 Å². The van der Waals surface area contributed by atoms with Crippen LogP contribution in [0, 0.1) is 0 Å². The lowest BCUT2D eigenvalue weighted by Gasteiger charge is -2.08. The molecule has 0 radical (unpaired) electrons. The second-order valence-corrected chi connectivity index (χ2v) is 5.13. The van der Waals surface area contributed by atoms with E-state index < -0.39 is 0 Å². The normalized spacial score (nSPS) is 10.3. The molecule has 7 heteroatoms. The van der Waals surface area contributed by atoms with Crippen LogP contribution in [0.2, 0.25) is 0 Å². The maximum absolute atomic E-state index is 11.8. The number of hydrogen-bond acceptors (Lipinski definition) is 5. The fourth-order valence-corrected chi connectivity index (χ4v) is 2.19. The molecule has 0 spiro atoms. The molecule has 3 aromatic rings. The van der Waals surface area contributed by atoms with Gasteiger partial charge in [0.05, 0.1) is 5.69 Å². The van der Waals surface area contributed by atoms with E-state index >= 15 is 0 Å². The van der Waals surface area contributed by atoms with Crippen molar-refractivity contribution in [2.45, 2.75) is 6.42 Å². The standard InChI is InChI=1S/C17H17N5O2/c23-17(18-10-9-14-5-2-1-3-6-14)12-24-16-8-4-7-15(11-16)22-13-19-20-21-22/h1-8,11,13H,9-10,12H2,(H,18,23). The van der Waals surface area contributed by atoms with E-state index in [1.807, 2.05) is 42.5 Å². The van der Waals surface area contributed by atoms with Crippen molar-refractivity contribution in [2.75, 3.05) is 13.2 Å². The lowest BCUT2D eigenvalue weighted by atomic mass is 10.1. The summed E-state index contributed by atoms with van der Waals surface area (Å²) in [7, 11) is 0. The van der Waals surface area contributed by atoms with E-state index in [2.05, 4.69) is 20.8 Å². The predicted molar refractivity (Wildman–Crippen MR) is 87.8 cm³/mol. The first kappa shape index (κ1) is 15.7. The number of benzene rings is 2. The number of carbonyl (C=O) groups excluding carboxylic acids is 1. The Labute approximate surface area is 139 Å². The highest BCUT2D eigenvalue weighted by Gasteiger charge is 2.04. The summed E-state index contributed by atoms with van der Waals surface area (Å²) in [6.07, 6.45) is 2.29. The van der Waals surface area contributed by atoms with Crippen LogP contribution in [0.1, 0.15) is 5.56 Å². The summed E-state index contributed by atoms with van der Waals surface area (Å²) >= 11 is 0. The van der Waals surface area contributed by atoms with Crippen LogP contribution in [0.25, 0.3) is 5.69 Å². The van der Waals surface area contributed by atoms with Gasteiger partial charge in [-0.3, -0.25) is 4.79 Å². The molecule has 2 aromatic carbocycles. The van der Waals surface area contributed by atoms with E-state index in [4.69, 9.17) is 4.74 Å². The number of carbonyl (C=O) groups is 1. The molecule has 0 aliphatic heterocycles. The summed E-state index contributed by atoms with van der Waals surface area (Å²) in [6, 6.07) is 17.2. The third kappa shape index (κ3) is 4.39. The maximum atomic E-state index is 11.8. The zero-order chi connectivity index (χ0) is 16.6. The van der Waals surface area contributed by atoms with Gasteiger partial charge in [-0.25, -0.2) is 4.68 Å². The van der Waals surface area contributed by atoms with Crippen molar-refractivity contribution in [3.63, 3.8) is 0 Å². The van der Waals surface area contributed by atoms with Gasteiger partial charge in [0.2, 0.25) is 0 Å². The number of aromatic nitrogens is 4. The molecule has 0 aliphatic carbocycles. The Morgan fingerprint density at radius 1 is 1.12 bits per heavy atom. The number of nitrogens with zero attached hydrogens (tertiary/aromatic N) is 4. The Bertz CT molecular complexity index is 775. The fraction of sp³-hybridized carbons (Fsp3) is 0.176. The average Bonchev–Trinajstić information content (AvgIpc) is 3.16. The molecular formula is C17H17N5O2. The van der Waals surface area contributed by atoms with Crippen LogP contribution >= 0.6 is 0 Å². The van der Waals surface area contributed by atoms with Gasteiger partial charge in [0.1, 0.15) is 12.1 Å². The number of ether oxygens (including phenoxy) is 1. The summed E-state index contributed by atoms with van der Waals surface area (Å²) in [4.78, 5) is 11.8. The molecule has 0 fully saturated rings. The second kappa shape index (κ2) is 7.87. The molecule has 0 aliphatic rings. The molecular weight excluding hydrogens is 306 g/mol. The smallest absolute Gasteiger partial charge is 0.257 e. The number of rotatable bonds is 7. The first-order chi connectivity index (χ1) is 11.8. The van der Waals surface area contributed by atoms with Crippen molar-refractivity contribution >= 4 is 5.91 Å². The van der Waals surface area contributed by atoms with Crippen LogP contribution in [0.4, 0.5) is 0 Å². The van der Waals surface area contributed by atoms with Crippen molar-refractivity contribution in [1.82, 2.24) is 25.5 Å². The quantitative estimate of drug-likeness (QED) is 0.711. The number of nitrogens with one attached hydrogen (secondary N) is 1. The Morgan fingerprint density at radius 2 is 2.00 bits per heavy atom. The van der Waals surface area contributed by atoms with Gasteiger partial charge in [0.25, 0.3) is 5.91 Å². The molecule has 0 bridgehead atoms. The summed E-state index contributed by atoms with van der Waals surface area (Å²) < 4.78 is 7.04. The maximum Gasteiger partial charge on any atom is 0.257 e. The van der Waals surface area contributed by atoms with Crippen LogP contribution in [-0.2, 0) is 11.2 Å². The summed E-state index contributed by atoms with van der Waals surface area (Å²) in [5.74, 6) is 0.431. The highest BCUT2D eigenvalue weighted by Crippen LogP contribution is 2.15. The van der Waals surface area contributed by atoms with Crippen LogP contribution in [0.5, 0.6) is 5.75 Å². The van der Waals surface area contributed by atoms with Gasteiger partial charge in [-0.15, -0.1) is 5.10 Å². The lowest BCUT2D eigenvalue weighted by molar-refractivity contribution is -0.123. The van der Waals surface area contributed by atoms with E-state index in [1.165, 1.54) is 16.6 Å². The van der Waals surface area contributed by atoms with E-state index in [0.717, 1.165) is 12.1 Å². The van der Waals surface area contributed by atoms with Crippen molar-refractivity contribution in [3.05, 3.63) is 66.5 Å². The molecule has 1 amide bonds. The summed E-state index contributed by atoms with van der Waals surface area (Å²) in [6.45, 7) is 0.546. The predicted octanol–water partition coefficient (Wildman–Crippen LogP) is 1.40. The highest BCUT2D eigenvalue weighted by atomic mass is 16.5. The zero-order valence-electron chi connectivity index (χ0n) is 13.0. The van der Waals surface area contributed by atoms with Gasteiger partial charge in [-0.1, -0.05) is 36.4 Å². The second-order valence-electron chi connectivity index (χ2n) is 5.13. The fourth-order valence-electron chi connectivity index (χ4n) is 2.19. The number of tetrazole rings is 1. The summed E-state index contributed by atoms with van der Waals surface area (Å²) in [5, 5.41) is 13.8. The monoisotopic (exact) mass is 323 g/mol. The van der Waals surface area contributed by atoms with Crippen LogP contribution < -0.4 is 10.1 Å². The minimum atomic E-state index is -0.154. The number of amides is 1. The lowest BCUT2D eigenvalue weighted by Crippen LogP contribution is -2.30.